The Morgan fingerprint density at radius 3 is 2.94 bits per heavy atom. The summed E-state index contributed by atoms with van der Waals surface area (Å²) in [6.45, 7) is 0. The van der Waals surface area contributed by atoms with Gasteiger partial charge in [-0.15, -0.1) is 11.3 Å². The van der Waals surface area contributed by atoms with Gasteiger partial charge >= 0.3 is 0 Å². The highest BCUT2D eigenvalue weighted by Crippen LogP contribution is 2.38. The average Bonchev–Trinajstić information content (AvgIpc) is 2.76. The van der Waals surface area contributed by atoms with E-state index < -0.39 is 0 Å². The Balaban J connectivity index is 2.21. The summed E-state index contributed by atoms with van der Waals surface area (Å²) in [7, 11) is 0. The predicted molar refractivity (Wildman–Crippen MR) is 75.3 cm³/mol. The van der Waals surface area contributed by atoms with Crippen molar-refractivity contribution in [2.75, 3.05) is 0 Å². The second kappa shape index (κ2) is 3.56. The SMILES string of the molecule is O=c1[nH]cc2c3c(scc13)CCc1ccccc1-2. The largest absolute Gasteiger partial charge is 0.328 e. The fraction of sp³-hybridized carbons (Fsp3) is 0.133. The molecule has 3 aromatic rings. The van der Waals surface area contributed by atoms with E-state index in [1.807, 2.05) is 11.6 Å². The lowest BCUT2D eigenvalue weighted by Crippen LogP contribution is -2.04. The van der Waals surface area contributed by atoms with Crippen LogP contribution in [0.15, 0.2) is 40.6 Å². The van der Waals surface area contributed by atoms with E-state index in [2.05, 4.69) is 29.2 Å². The maximum atomic E-state index is 11.9. The molecule has 0 spiro atoms. The molecule has 2 nitrogen and oxygen atoms in total. The summed E-state index contributed by atoms with van der Waals surface area (Å²) in [5.41, 5.74) is 3.83. The van der Waals surface area contributed by atoms with E-state index in [0.29, 0.717) is 0 Å². The molecule has 0 radical (unpaired) electrons. The normalized spacial score (nSPS) is 13.3. The van der Waals surface area contributed by atoms with Gasteiger partial charge in [-0.05, 0) is 24.0 Å². The van der Waals surface area contributed by atoms with Crippen molar-refractivity contribution in [1.29, 1.82) is 0 Å². The van der Waals surface area contributed by atoms with Gasteiger partial charge in [-0.25, -0.2) is 0 Å². The van der Waals surface area contributed by atoms with Gasteiger partial charge in [0.25, 0.3) is 5.56 Å². The van der Waals surface area contributed by atoms with Gasteiger partial charge in [0.1, 0.15) is 0 Å². The van der Waals surface area contributed by atoms with Crippen LogP contribution in [0.2, 0.25) is 0 Å². The Kier molecular flexibility index (Phi) is 2.00. The maximum Gasteiger partial charge on any atom is 0.256 e. The third-order valence-corrected chi connectivity index (χ3v) is 4.70. The van der Waals surface area contributed by atoms with E-state index in [4.69, 9.17) is 0 Å². The summed E-state index contributed by atoms with van der Waals surface area (Å²) < 4.78 is 0. The van der Waals surface area contributed by atoms with Crippen LogP contribution in [-0.4, -0.2) is 4.98 Å². The number of nitrogens with one attached hydrogen (secondary N) is 1. The molecular weight excluding hydrogens is 242 g/mol. The first-order chi connectivity index (χ1) is 8.84. The molecule has 0 saturated carbocycles. The highest BCUT2D eigenvalue weighted by atomic mass is 32.1. The standard InChI is InChI=1S/C15H11NOS/c17-15-12-8-18-13-6-5-9-3-1-2-4-10(9)11(7-16-15)14(12)13/h1-4,7-8H,5-6H2,(H,16,17). The summed E-state index contributed by atoms with van der Waals surface area (Å²) >= 11 is 1.71. The number of hydrogen-bond donors (Lipinski definition) is 1. The topological polar surface area (TPSA) is 32.9 Å². The highest BCUT2D eigenvalue weighted by Gasteiger charge is 2.18. The van der Waals surface area contributed by atoms with Crippen LogP contribution in [-0.2, 0) is 12.8 Å². The van der Waals surface area contributed by atoms with E-state index in [1.54, 1.807) is 11.3 Å². The third kappa shape index (κ3) is 1.25. The number of pyridine rings is 1. The van der Waals surface area contributed by atoms with Crippen LogP contribution in [0.3, 0.4) is 0 Å². The Hall–Kier alpha value is -1.87. The summed E-state index contributed by atoms with van der Waals surface area (Å²) in [5.74, 6) is 0. The lowest BCUT2D eigenvalue weighted by Gasteiger charge is -2.06. The Labute approximate surface area is 108 Å². The van der Waals surface area contributed by atoms with Gasteiger partial charge in [0.2, 0.25) is 0 Å². The molecule has 1 N–H and O–H groups in total. The fourth-order valence-corrected chi connectivity index (χ4v) is 3.84. The zero-order chi connectivity index (χ0) is 12.1. The summed E-state index contributed by atoms with van der Waals surface area (Å²) in [4.78, 5) is 16.1. The number of hydrogen-bond acceptors (Lipinski definition) is 2. The number of aromatic nitrogens is 1. The molecule has 0 aliphatic heterocycles. The van der Waals surface area contributed by atoms with Crippen molar-refractivity contribution in [2.24, 2.45) is 0 Å². The third-order valence-electron chi connectivity index (χ3n) is 3.66. The molecule has 4 rings (SSSR count). The number of benzene rings is 1. The van der Waals surface area contributed by atoms with Gasteiger partial charge in [0.05, 0.1) is 5.39 Å². The van der Waals surface area contributed by atoms with Crippen LogP contribution in [0.5, 0.6) is 0 Å². The van der Waals surface area contributed by atoms with E-state index in [-0.39, 0.29) is 5.56 Å². The van der Waals surface area contributed by atoms with Crippen LogP contribution < -0.4 is 5.56 Å². The summed E-state index contributed by atoms with van der Waals surface area (Å²) in [6.07, 6.45) is 3.95. The number of H-pyrrole nitrogens is 1. The van der Waals surface area contributed by atoms with E-state index in [9.17, 15) is 4.79 Å². The number of thiophene rings is 1. The lowest BCUT2D eigenvalue weighted by atomic mass is 9.99. The van der Waals surface area contributed by atoms with Gasteiger partial charge in [-0.3, -0.25) is 4.79 Å². The zero-order valence-corrected chi connectivity index (χ0v) is 10.5. The average molecular weight is 253 g/mol. The minimum atomic E-state index is 0.0237. The van der Waals surface area contributed by atoms with E-state index in [0.717, 1.165) is 23.6 Å². The van der Waals surface area contributed by atoms with Crippen LogP contribution >= 0.6 is 11.3 Å². The Bertz CT molecular complexity index is 813. The van der Waals surface area contributed by atoms with E-state index in [1.165, 1.54) is 21.6 Å². The van der Waals surface area contributed by atoms with Crippen LogP contribution in [0.25, 0.3) is 21.9 Å². The smallest absolute Gasteiger partial charge is 0.256 e. The van der Waals surface area contributed by atoms with Crippen molar-refractivity contribution >= 4 is 22.1 Å². The van der Waals surface area contributed by atoms with Crippen molar-refractivity contribution in [1.82, 2.24) is 4.98 Å². The number of fused-ring (bicyclic) bond motifs is 2. The molecule has 2 aromatic heterocycles. The molecule has 3 heteroatoms. The molecule has 0 saturated heterocycles. The van der Waals surface area contributed by atoms with Gasteiger partial charge in [0, 0.05) is 27.4 Å². The Morgan fingerprint density at radius 2 is 2.00 bits per heavy atom. The molecule has 0 bridgehead atoms. The summed E-state index contributed by atoms with van der Waals surface area (Å²) in [5, 5.41) is 3.99. The number of rotatable bonds is 0. The number of aromatic amines is 1. The van der Waals surface area contributed by atoms with Gasteiger partial charge in [-0.2, -0.15) is 0 Å². The zero-order valence-electron chi connectivity index (χ0n) is 9.69. The second-order valence-corrected chi connectivity index (χ2v) is 5.60. The second-order valence-electron chi connectivity index (χ2n) is 4.64. The molecule has 0 unspecified atom stereocenters. The monoisotopic (exact) mass is 253 g/mol. The molecular formula is C15H11NOS. The number of aryl methyl sites for hydroxylation is 2. The molecule has 1 aliphatic carbocycles. The van der Waals surface area contributed by atoms with Crippen LogP contribution in [0.1, 0.15) is 10.4 Å². The van der Waals surface area contributed by atoms with Crippen molar-refractivity contribution in [2.45, 2.75) is 12.8 Å². The van der Waals surface area contributed by atoms with Crippen molar-refractivity contribution in [3.63, 3.8) is 0 Å². The molecule has 0 fully saturated rings. The molecule has 2 heterocycles. The lowest BCUT2D eigenvalue weighted by molar-refractivity contribution is 0.996. The minimum absolute atomic E-state index is 0.0237. The molecule has 0 atom stereocenters. The molecule has 88 valence electrons. The summed E-state index contributed by atoms with van der Waals surface area (Å²) in [6, 6.07) is 8.48. The fourth-order valence-electron chi connectivity index (χ4n) is 2.79. The van der Waals surface area contributed by atoms with Crippen molar-refractivity contribution in [3.05, 3.63) is 56.6 Å². The molecule has 1 aromatic carbocycles. The first-order valence-electron chi connectivity index (χ1n) is 6.04. The van der Waals surface area contributed by atoms with Crippen LogP contribution in [0.4, 0.5) is 0 Å². The highest BCUT2D eigenvalue weighted by molar-refractivity contribution is 7.11. The van der Waals surface area contributed by atoms with Crippen molar-refractivity contribution < 1.29 is 0 Å². The first-order valence-corrected chi connectivity index (χ1v) is 6.92. The van der Waals surface area contributed by atoms with Gasteiger partial charge in [-0.1, -0.05) is 24.3 Å². The predicted octanol–water partition coefficient (Wildman–Crippen LogP) is 3.36. The van der Waals surface area contributed by atoms with Crippen LogP contribution in [0, 0.1) is 0 Å². The minimum Gasteiger partial charge on any atom is -0.328 e. The molecule has 1 aliphatic rings. The molecule has 18 heavy (non-hydrogen) atoms. The molecule has 0 amide bonds. The quantitative estimate of drug-likeness (QED) is 0.654. The van der Waals surface area contributed by atoms with E-state index >= 15 is 0 Å². The Morgan fingerprint density at radius 1 is 1.11 bits per heavy atom. The van der Waals surface area contributed by atoms with Gasteiger partial charge < -0.3 is 4.98 Å². The first kappa shape index (κ1) is 10.1. The van der Waals surface area contributed by atoms with Gasteiger partial charge in [0.15, 0.2) is 0 Å². The maximum absolute atomic E-state index is 11.9. The van der Waals surface area contributed by atoms with Crippen molar-refractivity contribution in [3.8, 4) is 11.1 Å².